The van der Waals surface area contributed by atoms with E-state index in [0.717, 1.165) is 19.6 Å². The van der Waals surface area contributed by atoms with Gasteiger partial charge in [-0.3, -0.25) is 11.3 Å². The van der Waals surface area contributed by atoms with E-state index in [1.54, 1.807) is 0 Å². The second-order valence-corrected chi connectivity index (χ2v) is 6.73. The lowest BCUT2D eigenvalue weighted by molar-refractivity contribution is -0.0860. The average molecular weight is 259 g/mol. The molecule has 2 aliphatic heterocycles. The number of hydrazine groups is 1. The van der Waals surface area contributed by atoms with Crippen molar-refractivity contribution in [2.45, 2.75) is 30.9 Å². The molecule has 100 valence electrons. The highest BCUT2D eigenvalue weighted by Crippen LogP contribution is 2.41. The number of thioether (sulfide) groups is 1. The normalized spacial score (nSPS) is 35.6. The van der Waals surface area contributed by atoms with Crippen molar-refractivity contribution in [1.29, 1.82) is 0 Å². The van der Waals surface area contributed by atoms with E-state index in [0.29, 0.717) is 12.0 Å². The van der Waals surface area contributed by atoms with Crippen LogP contribution in [-0.4, -0.2) is 55.3 Å². The third kappa shape index (κ3) is 3.35. The number of ether oxygens (including phenoxy) is 1. The average Bonchev–Trinajstić information content (AvgIpc) is 2.74. The van der Waals surface area contributed by atoms with Gasteiger partial charge in [0.1, 0.15) is 0 Å². The molecule has 0 aromatic carbocycles. The van der Waals surface area contributed by atoms with Gasteiger partial charge in [-0.25, -0.2) is 0 Å². The lowest BCUT2D eigenvalue weighted by Crippen LogP contribution is -2.52. The summed E-state index contributed by atoms with van der Waals surface area (Å²) in [4.78, 5) is 2.20. The number of nitrogens with one attached hydrogen (secondary N) is 1. The monoisotopic (exact) mass is 259 g/mol. The Hall–Kier alpha value is 0.190. The third-order valence-electron chi connectivity index (χ3n) is 3.94. The Morgan fingerprint density at radius 3 is 3.00 bits per heavy atom. The molecule has 0 bridgehead atoms. The van der Waals surface area contributed by atoms with Gasteiger partial charge in [0, 0.05) is 24.9 Å². The Balaban J connectivity index is 1.95. The number of hydrogen-bond donors (Lipinski definition) is 2. The molecule has 1 spiro atoms. The summed E-state index contributed by atoms with van der Waals surface area (Å²) in [7, 11) is 4.20. The van der Waals surface area contributed by atoms with Crippen LogP contribution in [0.3, 0.4) is 0 Å². The maximum atomic E-state index is 6.05. The number of hydrogen-bond acceptors (Lipinski definition) is 5. The molecule has 0 aromatic rings. The summed E-state index contributed by atoms with van der Waals surface area (Å²) in [5.41, 5.74) is 3.17. The Morgan fingerprint density at radius 1 is 1.59 bits per heavy atom. The van der Waals surface area contributed by atoms with Crippen LogP contribution < -0.4 is 11.3 Å². The second kappa shape index (κ2) is 5.89. The van der Waals surface area contributed by atoms with Crippen molar-refractivity contribution in [3.63, 3.8) is 0 Å². The SMILES string of the molecule is CN(C)CC(NN)C1CCOC2(CCSC2)C1. The van der Waals surface area contributed by atoms with Crippen molar-refractivity contribution in [3.8, 4) is 0 Å². The van der Waals surface area contributed by atoms with Crippen molar-refractivity contribution >= 4 is 11.8 Å². The largest absolute Gasteiger partial charge is 0.374 e. The fraction of sp³-hybridized carbons (Fsp3) is 1.00. The lowest BCUT2D eigenvalue weighted by atomic mass is 9.81. The van der Waals surface area contributed by atoms with Gasteiger partial charge in [0.2, 0.25) is 0 Å². The molecule has 2 fully saturated rings. The Bertz CT molecular complexity index is 244. The van der Waals surface area contributed by atoms with Crippen LogP contribution in [0.25, 0.3) is 0 Å². The van der Waals surface area contributed by atoms with Gasteiger partial charge in [-0.05, 0) is 45.0 Å². The van der Waals surface area contributed by atoms with Gasteiger partial charge in [0.15, 0.2) is 0 Å². The Morgan fingerprint density at radius 2 is 2.41 bits per heavy atom. The van der Waals surface area contributed by atoms with Crippen LogP contribution in [-0.2, 0) is 4.74 Å². The number of nitrogens with zero attached hydrogens (tertiary/aromatic N) is 1. The molecule has 0 aromatic heterocycles. The van der Waals surface area contributed by atoms with E-state index in [-0.39, 0.29) is 5.60 Å². The Kier molecular flexibility index (Phi) is 4.72. The maximum absolute atomic E-state index is 6.05. The first-order chi connectivity index (χ1) is 8.15. The number of likely N-dealkylation sites (N-methyl/N-ethyl adjacent to an activating group) is 1. The van der Waals surface area contributed by atoms with E-state index in [4.69, 9.17) is 10.6 Å². The predicted octanol–water partition coefficient (Wildman–Crippen LogP) is 0.682. The summed E-state index contributed by atoms with van der Waals surface area (Å²) in [6.45, 7) is 1.90. The maximum Gasteiger partial charge on any atom is 0.0783 e. The van der Waals surface area contributed by atoms with Crippen LogP contribution in [0.1, 0.15) is 19.3 Å². The first-order valence-electron chi connectivity index (χ1n) is 6.48. The summed E-state index contributed by atoms with van der Waals surface area (Å²) < 4.78 is 6.05. The van der Waals surface area contributed by atoms with E-state index < -0.39 is 0 Å². The van der Waals surface area contributed by atoms with Crippen LogP contribution in [0.15, 0.2) is 0 Å². The Labute approximate surface area is 109 Å². The zero-order valence-electron chi connectivity index (χ0n) is 10.9. The quantitative estimate of drug-likeness (QED) is 0.574. The van der Waals surface area contributed by atoms with Crippen molar-refractivity contribution < 1.29 is 4.74 Å². The molecule has 2 rings (SSSR count). The van der Waals surface area contributed by atoms with Gasteiger partial charge in [-0.1, -0.05) is 0 Å². The van der Waals surface area contributed by atoms with Crippen molar-refractivity contribution in [3.05, 3.63) is 0 Å². The predicted molar refractivity (Wildman–Crippen MR) is 73.0 cm³/mol. The van der Waals surface area contributed by atoms with Crippen LogP contribution in [0.5, 0.6) is 0 Å². The molecule has 2 heterocycles. The molecule has 0 radical (unpaired) electrons. The number of nitrogens with two attached hydrogens (primary N) is 1. The molecule has 5 heteroatoms. The minimum absolute atomic E-state index is 0.162. The molecule has 3 N–H and O–H groups in total. The van der Waals surface area contributed by atoms with E-state index in [1.807, 2.05) is 11.8 Å². The van der Waals surface area contributed by atoms with Crippen molar-refractivity contribution in [1.82, 2.24) is 10.3 Å². The smallest absolute Gasteiger partial charge is 0.0783 e. The highest BCUT2D eigenvalue weighted by Gasteiger charge is 2.42. The van der Waals surface area contributed by atoms with Crippen molar-refractivity contribution in [2.24, 2.45) is 11.8 Å². The second-order valence-electron chi connectivity index (χ2n) is 5.62. The first kappa shape index (κ1) is 13.6. The van der Waals surface area contributed by atoms with Gasteiger partial charge < -0.3 is 9.64 Å². The standard InChI is InChI=1S/C12H25N3OS/c1-15(2)8-11(14-13)10-3-5-16-12(7-10)4-6-17-9-12/h10-11,14H,3-9,13H2,1-2H3. The van der Waals surface area contributed by atoms with E-state index in [2.05, 4.69) is 24.4 Å². The topological polar surface area (TPSA) is 50.5 Å². The molecule has 0 aliphatic carbocycles. The molecule has 0 saturated carbocycles. The van der Waals surface area contributed by atoms with Gasteiger partial charge >= 0.3 is 0 Å². The highest BCUT2D eigenvalue weighted by molar-refractivity contribution is 7.99. The fourth-order valence-corrected chi connectivity index (χ4v) is 4.38. The van der Waals surface area contributed by atoms with Crippen molar-refractivity contribution in [2.75, 3.05) is 38.8 Å². The van der Waals surface area contributed by atoms with Gasteiger partial charge in [0.25, 0.3) is 0 Å². The number of rotatable bonds is 4. The molecule has 3 unspecified atom stereocenters. The molecule has 3 atom stereocenters. The minimum atomic E-state index is 0.162. The highest BCUT2D eigenvalue weighted by atomic mass is 32.2. The van der Waals surface area contributed by atoms with E-state index in [9.17, 15) is 0 Å². The van der Waals surface area contributed by atoms with Crippen LogP contribution in [0.4, 0.5) is 0 Å². The summed E-state index contributed by atoms with van der Waals surface area (Å²) >= 11 is 2.03. The summed E-state index contributed by atoms with van der Waals surface area (Å²) in [6.07, 6.45) is 3.52. The van der Waals surface area contributed by atoms with Crippen LogP contribution in [0, 0.1) is 5.92 Å². The van der Waals surface area contributed by atoms with Crippen LogP contribution in [0.2, 0.25) is 0 Å². The molecule has 2 aliphatic rings. The molecular weight excluding hydrogens is 234 g/mol. The van der Waals surface area contributed by atoms with Gasteiger partial charge in [0.05, 0.1) is 5.60 Å². The fourth-order valence-electron chi connectivity index (χ4n) is 3.00. The molecule has 17 heavy (non-hydrogen) atoms. The molecular formula is C12H25N3OS. The molecule has 4 nitrogen and oxygen atoms in total. The summed E-state index contributed by atoms with van der Waals surface area (Å²) in [5.74, 6) is 8.78. The minimum Gasteiger partial charge on any atom is -0.374 e. The van der Waals surface area contributed by atoms with Gasteiger partial charge in [-0.15, -0.1) is 0 Å². The summed E-state index contributed by atoms with van der Waals surface area (Å²) in [6, 6.07) is 0.386. The van der Waals surface area contributed by atoms with Gasteiger partial charge in [-0.2, -0.15) is 11.8 Å². The zero-order chi connectivity index (χ0) is 12.3. The molecule has 2 saturated heterocycles. The van der Waals surface area contributed by atoms with E-state index >= 15 is 0 Å². The first-order valence-corrected chi connectivity index (χ1v) is 7.63. The van der Waals surface area contributed by atoms with E-state index in [1.165, 1.54) is 24.3 Å². The zero-order valence-corrected chi connectivity index (χ0v) is 11.8. The lowest BCUT2D eigenvalue weighted by Gasteiger charge is -2.41. The van der Waals surface area contributed by atoms with Crippen LogP contribution >= 0.6 is 11.8 Å². The third-order valence-corrected chi connectivity index (χ3v) is 5.17. The molecule has 0 amide bonds. The summed E-state index contributed by atoms with van der Waals surface area (Å²) in [5, 5.41) is 0.